The molecule has 0 saturated carbocycles. The molecule has 0 amide bonds. The van der Waals surface area contributed by atoms with Gasteiger partial charge in [-0.1, -0.05) is 169 Å². The molecule has 0 aliphatic rings. The zero-order valence-electron chi connectivity index (χ0n) is 31.7. The predicted octanol–water partition coefficient (Wildman–Crippen LogP) is 13.0. The van der Waals surface area contributed by atoms with Gasteiger partial charge < -0.3 is 14.6 Å². The summed E-state index contributed by atoms with van der Waals surface area (Å²) in [7, 11) is 0. The van der Waals surface area contributed by atoms with Crippen LogP contribution in [-0.4, -0.2) is 37.0 Å². The summed E-state index contributed by atoms with van der Waals surface area (Å²) >= 11 is 0. The Kier molecular flexibility index (Phi) is 39.2. The number of rotatable bonds is 35. The van der Waals surface area contributed by atoms with Gasteiger partial charge in [-0.25, -0.2) is 0 Å². The second-order valence-electron chi connectivity index (χ2n) is 12.6. The molecule has 0 aliphatic carbocycles. The van der Waals surface area contributed by atoms with Crippen LogP contribution in [-0.2, 0) is 14.3 Å². The molecule has 0 saturated heterocycles. The third-order valence-corrected chi connectivity index (χ3v) is 7.93. The molecule has 4 nitrogen and oxygen atoms in total. The average molecular weight is 679 g/mol. The first-order valence-electron chi connectivity index (χ1n) is 19.8. The molecule has 278 valence electrons. The summed E-state index contributed by atoms with van der Waals surface area (Å²) in [5.74, 6) is -0.335. The van der Waals surface area contributed by atoms with E-state index in [0.717, 1.165) is 57.8 Å². The minimum absolute atomic E-state index is 0.203. The number of carbonyl (C=O) groups is 1. The van der Waals surface area contributed by atoms with E-state index in [1.54, 1.807) is 0 Å². The van der Waals surface area contributed by atoms with Crippen molar-refractivity contribution in [3.05, 3.63) is 97.2 Å². The third-order valence-electron chi connectivity index (χ3n) is 7.93. The molecule has 0 rings (SSSR count). The summed E-state index contributed by atoms with van der Waals surface area (Å²) < 4.78 is 11.0. The summed E-state index contributed by atoms with van der Waals surface area (Å²) in [4.78, 5) is 12.1. The Morgan fingerprint density at radius 3 is 1.39 bits per heavy atom. The van der Waals surface area contributed by atoms with Crippen molar-refractivity contribution >= 4 is 5.97 Å². The van der Waals surface area contributed by atoms with Gasteiger partial charge >= 0.3 is 5.97 Å². The van der Waals surface area contributed by atoms with Gasteiger partial charge in [-0.2, -0.15) is 0 Å². The van der Waals surface area contributed by atoms with Gasteiger partial charge in [0, 0.05) is 6.61 Å². The fourth-order valence-corrected chi connectivity index (χ4v) is 5.00. The molecule has 49 heavy (non-hydrogen) atoms. The van der Waals surface area contributed by atoms with Crippen molar-refractivity contribution in [1.82, 2.24) is 0 Å². The Morgan fingerprint density at radius 1 is 0.510 bits per heavy atom. The van der Waals surface area contributed by atoms with Gasteiger partial charge in [-0.05, 0) is 77.0 Å². The first-order valence-corrected chi connectivity index (χ1v) is 19.8. The molecule has 0 bridgehead atoms. The van der Waals surface area contributed by atoms with E-state index in [2.05, 4.69) is 98.9 Å². The number of hydrogen-bond acceptors (Lipinski definition) is 4. The van der Waals surface area contributed by atoms with Crippen molar-refractivity contribution in [3.63, 3.8) is 0 Å². The number of aliphatic hydroxyl groups is 1. The summed E-state index contributed by atoms with van der Waals surface area (Å²) in [6.45, 7) is 5.07. The molecule has 0 aliphatic heterocycles. The lowest BCUT2D eigenvalue weighted by Crippen LogP contribution is -2.27. The molecule has 0 aromatic rings. The van der Waals surface area contributed by atoms with E-state index in [0.29, 0.717) is 6.61 Å². The number of esters is 1. The molecule has 1 unspecified atom stereocenters. The Balaban J connectivity index is 3.61. The number of aliphatic hydroxyl groups excluding tert-OH is 1. The van der Waals surface area contributed by atoms with Crippen LogP contribution in [0, 0.1) is 0 Å². The standard InChI is InChI=1S/C45H74O4/c1-3-5-7-9-11-13-15-17-19-20-21-22-23-24-25-27-29-31-33-35-37-39-41-48-43-44(42-46)49-45(47)40-38-36-34-32-30-28-26-18-16-14-12-10-8-6-4-2/h6,8,12,14-15,17-18,20-21,23-24,26,30,32,36,38,44,46H,3-5,7,9-11,13,16,19,22,25,27-29,31,33-35,37,39-43H2,1-2H3/b8-6-,14-12-,17-15-,21-20-,24-23-,26-18-,32-30-,38-36-. The fraction of sp³-hybridized carbons (Fsp3) is 0.622. The molecule has 1 atom stereocenters. The summed E-state index contributed by atoms with van der Waals surface area (Å²) in [6, 6.07) is 0. The van der Waals surface area contributed by atoms with Gasteiger partial charge in [-0.15, -0.1) is 0 Å². The smallest absolute Gasteiger partial charge is 0.310 e. The van der Waals surface area contributed by atoms with Crippen molar-refractivity contribution in [3.8, 4) is 0 Å². The molecular formula is C45H74O4. The highest BCUT2D eigenvalue weighted by Gasteiger charge is 2.12. The monoisotopic (exact) mass is 679 g/mol. The molecule has 0 radical (unpaired) electrons. The van der Waals surface area contributed by atoms with Gasteiger partial charge in [0.05, 0.1) is 19.6 Å². The minimum atomic E-state index is -0.600. The van der Waals surface area contributed by atoms with Gasteiger partial charge in [0.25, 0.3) is 0 Å². The summed E-state index contributed by atoms with van der Waals surface area (Å²) in [6.07, 6.45) is 59.1. The quantitative estimate of drug-likeness (QED) is 0.0412. The highest BCUT2D eigenvalue weighted by atomic mass is 16.6. The highest BCUT2D eigenvalue weighted by Crippen LogP contribution is 2.10. The van der Waals surface area contributed by atoms with Gasteiger partial charge in [0.2, 0.25) is 0 Å². The van der Waals surface area contributed by atoms with E-state index in [4.69, 9.17) is 9.47 Å². The number of allylic oxidation sites excluding steroid dienone is 15. The molecule has 1 N–H and O–H groups in total. The molecule has 0 aromatic heterocycles. The molecule has 0 aromatic carbocycles. The van der Waals surface area contributed by atoms with E-state index >= 15 is 0 Å². The minimum Gasteiger partial charge on any atom is -0.457 e. The fourth-order valence-electron chi connectivity index (χ4n) is 5.00. The second-order valence-corrected chi connectivity index (χ2v) is 12.6. The molecule has 4 heteroatoms. The summed E-state index contributed by atoms with van der Waals surface area (Å²) in [5.41, 5.74) is 0. The molecule has 0 spiro atoms. The second kappa shape index (κ2) is 41.5. The Morgan fingerprint density at radius 2 is 0.918 bits per heavy atom. The van der Waals surface area contributed by atoms with Gasteiger partial charge in [-0.3, -0.25) is 4.79 Å². The van der Waals surface area contributed by atoms with Crippen LogP contribution < -0.4 is 0 Å². The zero-order chi connectivity index (χ0) is 35.6. The zero-order valence-corrected chi connectivity index (χ0v) is 31.7. The lowest BCUT2D eigenvalue weighted by atomic mass is 10.1. The van der Waals surface area contributed by atoms with Crippen LogP contribution in [0.2, 0.25) is 0 Å². The topological polar surface area (TPSA) is 55.8 Å². The van der Waals surface area contributed by atoms with Crippen molar-refractivity contribution in [2.45, 2.75) is 161 Å². The van der Waals surface area contributed by atoms with Gasteiger partial charge in [0.1, 0.15) is 6.10 Å². The van der Waals surface area contributed by atoms with Crippen LogP contribution >= 0.6 is 0 Å². The van der Waals surface area contributed by atoms with Crippen LogP contribution in [0.25, 0.3) is 0 Å². The normalized spacial score (nSPS) is 13.4. The number of carbonyl (C=O) groups excluding carboxylic acids is 1. The Hall–Kier alpha value is -2.69. The molecule has 0 fully saturated rings. The Bertz CT molecular complexity index is 934. The maximum Gasteiger partial charge on any atom is 0.310 e. The predicted molar refractivity (Wildman–Crippen MR) is 214 cm³/mol. The van der Waals surface area contributed by atoms with Crippen LogP contribution in [0.1, 0.15) is 155 Å². The summed E-state index contributed by atoms with van der Waals surface area (Å²) in [5, 5.41) is 9.56. The largest absolute Gasteiger partial charge is 0.457 e. The third kappa shape index (κ3) is 39.6. The number of ether oxygens (including phenoxy) is 2. The molecule has 0 heterocycles. The lowest BCUT2D eigenvalue weighted by molar-refractivity contribution is -0.153. The number of unbranched alkanes of at least 4 members (excludes halogenated alkanes) is 12. The van der Waals surface area contributed by atoms with E-state index in [9.17, 15) is 9.90 Å². The van der Waals surface area contributed by atoms with Crippen LogP contribution in [0.15, 0.2) is 97.2 Å². The van der Waals surface area contributed by atoms with Crippen molar-refractivity contribution in [1.29, 1.82) is 0 Å². The van der Waals surface area contributed by atoms with Crippen molar-refractivity contribution in [2.24, 2.45) is 0 Å². The number of hydrogen-bond donors (Lipinski definition) is 1. The molecular weight excluding hydrogens is 604 g/mol. The van der Waals surface area contributed by atoms with Crippen LogP contribution in [0.3, 0.4) is 0 Å². The maximum absolute atomic E-state index is 12.1. The van der Waals surface area contributed by atoms with Gasteiger partial charge in [0.15, 0.2) is 0 Å². The van der Waals surface area contributed by atoms with E-state index in [1.165, 1.54) is 77.0 Å². The van der Waals surface area contributed by atoms with E-state index in [-0.39, 0.29) is 25.6 Å². The first kappa shape index (κ1) is 46.3. The van der Waals surface area contributed by atoms with E-state index in [1.807, 2.05) is 12.2 Å². The van der Waals surface area contributed by atoms with Crippen LogP contribution in [0.4, 0.5) is 0 Å². The van der Waals surface area contributed by atoms with E-state index < -0.39 is 6.10 Å². The first-order chi connectivity index (χ1) is 24.2. The highest BCUT2D eigenvalue weighted by molar-refractivity contribution is 5.71. The average Bonchev–Trinajstić information content (AvgIpc) is 3.11. The maximum atomic E-state index is 12.1. The van der Waals surface area contributed by atoms with Crippen molar-refractivity contribution in [2.75, 3.05) is 19.8 Å². The SMILES string of the molecule is CC/C=C\C/C=C\C/C=C\C/C=C\C/C=C\CC(=O)OC(CO)COCCCCCCCCC/C=C\C/C=C\C/C=C\CCCCCCC. The lowest BCUT2D eigenvalue weighted by Gasteiger charge is -2.15. The van der Waals surface area contributed by atoms with Crippen LogP contribution in [0.5, 0.6) is 0 Å². The van der Waals surface area contributed by atoms with Crippen molar-refractivity contribution < 1.29 is 19.4 Å². The Labute approximate surface area is 302 Å².